The van der Waals surface area contributed by atoms with Gasteiger partial charge in [0.05, 0.1) is 11.1 Å². The molecule has 7 nitrogen and oxygen atoms in total. The quantitative estimate of drug-likeness (QED) is 0.785. The highest BCUT2D eigenvalue weighted by atomic mass is 79.9. The van der Waals surface area contributed by atoms with Gasteiger partial charge in [-0.2, -0.15) is 0 Å². The van der Waals surface area contributed by atoms with E-state index in [9.17, 15) is 14.4 Å². The SMILES string of the molecule is O=C(NCCN1C(=O)c2ccccc2C1=O)Nc1ccc(Br)cn1. The van der Waals surface area contributed by atoms with Gasteiger partial charge in [0.1, 0.15) is 5.82 Å². The van der Waals surface area contributed by atoms with E-state index in [1.54, 1.807) is 42.6 Å². The fourth-order valence-corrected chi connectivity index (χ4v) is 2.57. The molecule has 0 atom stereocenters. The van der Waals surface area contributed by atoms with E-state index in [-0.39, 0.29) is 24.9 Å². The van der Waals surface area contributed by atoms with Gasteiger partial charge < -0.3 is 5.32 Å². The smallest absolute Gasteiger partial charge is 0.320 e. The van der Waals surface area contributed by atoms with Gasteiger partial charge in [0.15, 0.2) is 0 Å². The summed E-state index contributed by atoms with van der Waals surface area (Å²) in [7, 11) is 0. The van der Waals surface area contributed by atoms with Crippen LogP contribution in [-0.4, -0.2) is 40.8 Å². The van der Waals surface area contributed by atoms with E-state index >= 15 is 0 Å². The first kappa shape index (κ1) is 16.1. The Morgan fingerprint density at radius 2 is 1.75 bits per heavy atom. The van der Waals surface area contributed by atoms with Crippen molar-refractivity contribution in [1.29, 1.82) is 0 Å². The summed E-state index contributed by atoms with van der Waals surface area (Å²) in [5.41, 5.74) is 0.789. The second-order valence-electron chi connectivity index (χ2n) is 5.05. The van der Waals surface area contributed by atoms with Gasteiger partial charge >= 0.3 is 6.03 Å². The number of nitrogens with zero attached hydrogens (tertiary/aromatic N) is 2. The zero-order valence-corrected chi connectivity index (χ0v) is 14.0. The molecule has 2 N–H and O–H groups in total. The number of aromatic nitrogens is 1. The molecule has 122 valence electrons. The number of fused-ring (bicyclic) bond motifs is 1. The summed E-state index contributed by atoms with van der Waals surface area (Å²) in [6.45, 7) is 0.251. The number of urea groups is 1. The third-order valence-corrected chi connectivity index (χ3v) is 3.94. The number of carbonyl (C=O) groups excluding carboxylic acids is 3. The minimum atomic E-state index is -0.457. The molecule has 1 aliphatic heterocycles. The molecule has 1 aliphatic rings. The molecular formula is C16H13BrN4O3. The third-order valence-electron chi connectivity index (χ3n) is 3.47. The summed E-state index contributed by atoms with van der Waals surface area (Å²) in [6, 6.07) is 9.61. The van der Waals surface area contributed by atoms with Crippen molar-refractivity contribution in [3.8, 4) is 0 Å². The zero-order valence-electron chi connectivity index (χ0n) is 12.5. The minimum Gasteiger partial charge on any atom is -0.336 e. The van der Waals surface area contributed by atoms with Crippen molar-refractivity contribution in [2.45, 2.75) is 0 Å². The highest BCUT2D eigenvalue weighted by Crippen LogP contribution is 2.21. The first-order valence-electron chi connectivity index (χ1n) is 7.18. The van der Waals surface area contributed by atoms with Crippen LogP contribution in [0.15, 0.2) is 47.1 Å². The van der Waals surface area contributed by atoms with Gasteiger partial charge in [0, 0.05) is 23.8 Å². The van der Waals surface area contributed by atoms with Crippen LogP contribution in [0.4, 0.5) is 10.6 Å². The van der Waals surface area contributed by atoms with E-state index < -0.39 is 6.03 Å². The molecule has 24 heavy (non-hydrogen) atoms. The lowest BCUT2D eigenvalue weighted by molar-refractivity contribution is 0.0656. The lowest BCUT2D eigenvalue weighted by Gasteiger charge is -2.14. The number of carbonyl (C=O) groups is 3. The Bertz CT molecular complexity index is 772. The molecule has 8 heteroatoms. The second kappa shape index (κ2) is 6.79. The van der Waals surface area contributed by atoms with Gasteiger partial charge in [-0.3, -0.25) is 19.8 Å². The molecule has 0 saturated heterocycles. The molecule has 3 rings (SSSR count). The molecule has 2 heterocycles. The largest absolute Gasteiger partial charge is 0.336 e. The molecular weight excluding hydrogens is 376 g/mol. The van der Waals surface area contributed by atoms with Crippen LogP contribution in [0.1, 0.15) is 20.7 Å². The number of nitrogens with one attached hydrogen (secondary N) is 2. The molecule has 0 spiro atoms. The van der Waals surface area contributed by atoms with Crippen LogP contribution < -0.4 is 10.6 Å². The minimum absolute atomic E-state index is 0.105. The highest BCUT2D eigenvalue weighted by molar-refractivity contribution is 9.10. The van der Waals surface area contributed by atoms with E-state index in [0.29, 0.717) is 16.9 Å². The van der Waals surface area contributed by atoms with Crippen LogP contribution in [0, 0.1) is 0 Å². The topological polar surface area (TPSA) is 91.4 Å². The van der Waals surface area contributed by atoms with Crippen LogP contribution in [-0.2, 0) is 0 Å². The number of imide groups is 1. The number of halogens is 1. The molecule has 1 aromatic carbocycles. The number of hydrogen-bond donors (Lipinski definition) is 2. The highest BCUT2D eigenvalue weighted by Gasteiger charge is 2.34. The van der Waals surface area contributed by atoms with Gasteiger partial charge in [-0.25, -0.2) is 9.78 Å². The first-order chi connectivity index (χ1) is 11.6. The van der Waals surface area contributed by atoms with Crippen LogP contribution in [0.25, 0.3) is 0 Å². The monoisotopic (exact) mass is 388 g/mol. The van der Waals surface area contributed by atoms with Gasteiger partial charge in [-0.05, 0) is 40.2 Å². The maximum Gasteiger partial charge on any atom is 0.320 e. The number of hydrogen-bond acceptors (Lipinski definition) is 4. The van der Waals surface area contributed by atoms with Crippen molar-refractivity contribution in [1.82, 2.24) is 15.2 Å². The molecule has 2 aromatic rings. The lowest BCUT2D eigenvalue weighted by Crippen LogP contribution is -2.39. The summed E-state index contributed by atoms with van der Waals surface area (Å²) in [4.78, 5) is 41.3. The Labute approximate surface area is 146 Å². The van der Waals surface area contributed by atoms with E-state index in [4.69, 9.17) is 0 Å². The van der Waals surface area contributed by atoms with Crippen molar-refractivity contribution in [2.24, 2.45) is 0 Å². The number of anilines is 1. The molecule has 0 fully saturated rings. The second-order valence-corrected chi connectivity index (χ2v) is 5.97. The molecule has 0 radical (unpaired) electrons. The lowest BCUT2D eigenvalue weighted by atomic mass is 10.1. The normalized spacial score (nSPS) is 13.0. The van der Waals surface area contributed by atoms with Gasteiger partial charge in [-0.1, -0.05) is 12.1 Å². The Morgan fingerprint density at radius 1 is 1.08 bits per heavy atom. The molecule has 0 bridgehead atoms. The van der Waals surface area contributed by atoms with Crippen molar-refractivity contribution in [2.75, 3.05) is 18.4 Å². The van der Waals surface area contributed by atoms with E-state index in [0.717, 1.165) is 9.37 Å². The Kier molecular flexibility index (Phi) is 4.57. The summed E-state index contributed by atoms with van der Waals surface area (Å²) in [5, 5.41) is 5.16. The number of benzene rings is 1. The summed E-state index contributed by atoms with van der Waals surface area (Å²) in [6.07, 6.45) is 1.56. The van der Waals surface area contributed by atoms with Gasteiger partial charge in [0.2, 0.25) is 0 Å². The Hall–Kier alpha value is -2.74. The van der Waals surface area contributed by atoms with Crippen LogP contribution in [0.5, 0.6) is 0 Å². The summed E-state index contributed by atoms with van der Waals surface area (Å²) in [5.74, 6) is -0.281. The molecule has 1 aromatic heterocycles. The average Bonchev–Trinajstić information content (AvgIpc) is 2.82. The van der Waals surface area contributed by atoms with E-state index in [2.05, 4.69) is 31.5 Å². The van der Waals surface area contributed by atoms with Crippen LogP contribution in [0.3, 0.4) is 0 Å². The van der Waals surface area contributed by atoms with Crippen molar-refractivity contribution in [3.05, 3.63) is 58.2 Å². The Morgan fingerprint density at radius 3 is 2.33 bits per heavy atom. The van der Waals surface area contributed by atoms with Crippen LogP contribution >= 0.6 is 15.9 Å². The van der Waals surface area contributed by atoms with Crippen molar-refractivity contribution in [3.63, 3.8) is 0 Å². The van der Waals surface area contributed by atoms with Gasteiger partial charge in [-0.15, -0.1) is 0 Å². The predicted molar refractivity (Wildman–Crippen MR) is 90.8 cm³/mol. The number of amides is 4. The van der Waals surface area contributed by atoms with E-state index in [1.165, 1.54) is 0 Å². The van der Waals surface area contributed by atoms with E-state index in [1.807, 2.05) is 0 Å². The molecule has 4 amide bonds. The Balaban J connectivity index is 1.52. The zero-order chi connectivity index (χ0) is 17.1. The molecule has 0 aliphatic carbocycles. The van der Waals surface area contributed by atoms with Crippen LogP contribution in [0.2, 0.25) is 0 Å². The summed E-state index contributed by atoms with van der Waals surface area (Å²) >= 11 is 3.25. The number of pyridine rings is 1. The fraction of sp³-hybridized carbons (Fsp3) is 0.125. The van der Waals surface area contributed by atoms with Crippen molar-refractivity contribution >= 4 is 39.6 Å². The standard InChI is InChI=1S/C16H13BrN4O3/c17-10-5-6-13(19-9-10)20-16(24)18-7-8-21-14(22)11-3-1-2-4-12(11)15(21)23/h1-6,9H,7-8H2,(H2,18,19,20,24). The van der Waals surface area contributed by atoms with Crippen molar-refractivity contribution < 1.29 is 14.4 Å². The molecule has 0 unspecified atom stereocenters. The molecule has 0 saturated carbocycles. The maximum absolute atomic E-state index is 12.2. The first-order valence-corrected chi connectivity index (χ1v) is 7.97. The maximum atomic E-state index is 12.2. The fourth-order valence-electron chi connectivity index (χ4n) is 2.33. The summed E-state index contributed by atoms with van der Waals surface area (Å²) < 4.78 is 0.805. The number of rotatable bonds is 4. The predicted octanol–water partition coefficient (Wildman–Crippen LogP) is 2.26. The average molecular weight is 389 g/mol. The van der Waals surface area contributed by atoms with Gasteiger partial charge in [0.25, 0.3) is 11.8 Å². The third kappa shape index (κ3) is 3.28.